The second kappa shape index (κ2) is 4.80. The molecule has 2 aliphatic heterocycles. The van der Waals surface area contributed by atoms with Gasteiger partial charge in [0.05, 0.1) is 24.2 Å². The van der Waals surface area contributed by atoms with E-state index < -0.39 is 52.2 Å². The molecule has 0 aromatic rings. The highest BCUT2D eigenvalue weighted by Gasteiger charge is 2.83. The van der Waals surface area contributed by atoms with E-state index >= 15 is 0 Å². The van der Waals surface area contributed by atoms with E-state index in [1.54, 1.807) is 0 Å². The van der Waals surface area contributed by atoms with E-state index in [1.807, 2.05) is 19.1 Å². The maximum Gasteiger partial charge on any atom is 0.201 e. The summed E-state index contributed by atoms with van der Waals surface area (Å²) < 4.78 is 5.89. The van der Waals surface area contributed by atoms with Crippen molar-refractivity contribution in [1.82, 2.24) is 0 Å². The van der Waals surface area contributed by atoms with Crippen LogP contribution in [0.15, 0.2) is 24.3 Å². The monoisotopic (exact) mass is 364 g/mol. The Morgan fingerprint density at radius 3 is 2.69 bits per heavy atom. The van der Waals surface area contributed by atoms with Crippen LogP contribution in [0.3, 0.4) is 0 Å². The lowest BCUT2D eigenvalue weighted by molar-refractivity contribution is -0.453. The Kier molecular flexibility index (Phi) is 3.20. The maximum atomic E-state index is 11.6. The summed E-state index contributed by atoms with van der Waals surface area (Å²) in [5.74, 6) is -2.99. The fourth-order valence-electron chi connectivity index (χ4n) is 7.66. The standard InChI is InChI=1S/C20H28O6/c1-10-11-6-12(22)13-18-5-3-4-17(2,8-21)14(18)16(24)20(25,26-9-18)19(13,7-11)15(10)23/h3,5,11-16,21-25H,1,4,6-9H2,2H3/t11-,12+,13+,14-,15-,16+,17+,18-,19+,20+/m1/s1. The molecule has 10 atom stereocenters. The van der Waals surface area contributed by atoms with Crippen LogP contribution in [0.4, 0.5) is 0 Å². The van der Waals surface area contributed by atoms with Gasteiger partial charge in [0.2, 0.25) is 5.79 Å². The molecule has 0 aromatic carbocycles. The van der Waals surface area contributed by atoms with Crippen LogP contribution >= 0.6 is 0 Å². The lowest BCUT2D eigenvalue weighted by Gasteiger charge is -2.73. The Balaban J connectivity index is 1.79. The highest BCUT2D eigenvalue weighted by Crippen LogP contribution is 2.76. The molecule has 5 fully saturated rings. The molecule has 2 spiro atoms. The quantitative estimate of drug-likeness (QED) is 0.417. The summed E-state index contributed by atoms with van der Waals surface area (Å²) in [7, 11) is 0. The summed E-state index contributed by atoms with van der Waals surface area (Å²) in [5, 5.41) is 55.3. The molecule has 0 aromatic heterocycles. The van der Waals surface area contributed by atoms with Crippen molar-refractivity contribution in [2.24, 2.45) is 34.0 Å². The second-order valence-electron chi connectivity index (χ2n) is 9.64. The van der Waals surface area contributed by atoms with E-state index in [9.17, 15) is 25.5 Å². The molecule has 0 amide bonds. The smallest absolute Gasteiger partial charge is 0.201 e. The highest BCUT2D eigenvalue weighted by molar-refractivity contribution is 5.38. The molecule has 6 aliphatic rings. The van der Waals surface area contributed by atoms with Gasteiger partial charge in [0.1, 0.15) is 6.10 Å². The van der Waals surface area contributed by atoms with Gasteiger partial charge in [-0.05, 0) is 30.8 Å². The van der Waals surface area contributed by atoms with Gasteiger partial charge in [0.25, 0.3) is 0 Å². The Hall–Kier alpha value is -0.760. The van der Waals surface area contributed by atoms with Gasteiger partial charge >= 0.3 is 0 Å². The van der Waals surface area contributed by atoms with Crippen LogP contribution in [0, 0.1) is 34.0 Å². The van der Waals surface area contributed by atoms with E-state index in [-0.39, 0.29) is 19.1 Å². The summed E-state index contributed by atoms with van der Waals surface area (Å²) in [6, 6.07) is 0. The van der Waals surface area contributed by atoms with Crippen molar-refractivity contribution < 1.29 is 30.3 Å². The zero-order valence-electron chi connectivity index (χ0n) is 15.0. The Morgan fingerprint density at radius 2 is 2.00 bits per heavy atom. The van der Waals surface area contributed by atoms with Gasteiger partial charge in [-0.3, -0.25) is 0 Å². The molecule has 6 heteroatoms. The maximum absolute atomic E-state index is 11.6. The second-order valence-corrected chi connectivity index (χ2v) is 9.64. The molecule has 26 heavy (non-hydrogen) atoms. The number of aliphatic hydroxyl groups is 5. The van der Waals surface area contributed by atoms with Crippen molar-refractivity contribution in [2.75, 3.05) is 13.2 Å². The molecule has 144 valence electrons. The Labute approximate surface area is 152 Å². The molecule has 0 unspecified atom stereocenters. The molecule has 2 saturated heterocycles. The van der Waals surface area contributed by atoms with Crippen LogP contribution in [0.1, 0.15) is 26.2 Å². The summed E-state index contributed by atoms with van der Waals surface area (Å²) in [4.78, 5) is 0. The number of allylic oxidation sites excluding steroid dienone is 1. The van der Waals surface area contributed by atoms with E-state index in [2.05, 4.69) is 6.58 Å². The van der Waals surface area contributed by atoms with Crippen LogP contribution in [0.2, 0.25) is 0 Å². The van der Waals surface area contributed by atoms with E-state index in [1.165, 1.54) is 0 Å². The molecule has 6 nitrogen and oxygen atoms in total. The first-order chi connectivity index (χ1) is 12.2. The molecule has 6 rings (SSSR count). The van der Waals surface area contributed by atoms with Crippen molar-refractivity contribution in [3.63, 3.8) is 0 Å². The fourth-order valence-corrected chi connectivity index (χ4v) is 7.66. The summed E-state index contributed by atoms with van der Waals surface area (Å²) in [6.45, 7) is 5.95. The number of rotatable bonds is 1. The van der Waals surface area contributed by atoms with E-state index in [0.29, 0.717) is 24.8 Å². The minimum atomic E-state index is -1.97. The average Bonchev–Trinajstić information content (AvgIpc) is 2.80. The van der Waals surface area contributed by atoms with Gasteiger partial charge in [-0.25, -0.2) is 0 Å². The molecule has 4 bridgehead atoms. The zero-order valence-corrected chi connectivity index (χ0v) is 15.0. The van der Waals surface area contributed by atoms with Gasteiger partial charge in [0, 0.05) is 29.3 Å². The topological polar surface area (TPSA) is 110 Å². The third-order valence-electron chi connectivity index (χ3n) is 8.62. The minimum absolute atomic E-state index is 0.0953. The fraction of sp³-hybridized carbons (Fsp3) is 0.800. The molecule has 5 N–H and O–H groups in total. The predicted octanol–water partition coefficient (Wildman–Crippen LogP) is -0.0550. The van der Waals surface area contributed by atoms with E-state index in [0.717, 1.165) is 0 Å². The minimum Gasteiger partial charge on any atom is -0.396 e. The van der Waals surface area contributed by atoms with Gasteiger partial charge in [0.15, 0.2) is 0 Å². The molecule has 2 heterocycles. The number of fused-ring (bicyclic) bond motifs is 2. The first-order valence-electron chi connectivity index (χ1n) is 9.56. The van der Waals surface area contributed by atoms with Crippen molar-refractivity contribution in [2.45, 2.75) is 50.3 Å². The van der Waals surface area contributed by atoms with Crippen LogP contribution in [-0.2, 0) is 4.74 Å². The number of hydrogen-bond donors (Lipinski definition) is 5. The normalized spacial score (nSPS) is 62.9. The number of hydrogen-bond acceptors (Lipinski definition) is 6. The summed E-state index contributed by atoms with van der Waals surface area (Å²) in [6.07, 6.45) is 2.47. The summed E-state index contributed by atoms with van der Waals surface area (Å²) in [5.41, 5.74) is -1.94. The summed E-state index contributed by atoms with van der Waals surface area (Å²) >= 11 is 0. The Bertz CT molecular complexity index is 706. The van der Waals surface area contributed by atoms with Gasteiger partial charge in [-0.15, -0.1) is 0 Å². The first kappa shape index (κ1) is 17.3. The lowest BCUT2D eigenvalue weighted by Crippen LogP contribution is -2.83. The largest absolute Gasteiger partial charge is 0.396 e. The molecule has 4 aliphatic carbocycles. The van der Waals surface area contributed by atoms with Gasteiger partial charge < -0.3 is 30.3 Å². The first-order valence-corrected chi connectivity index (χ1v) is 9.56. The number of aliphatic hydroxyl groups excluding tert-OH is 4. The van der Waals surface area contributed by atoms with Crippen LogP contribution in [0.25, 0.3) is 0 Å². The third kappa shape index (κ3) is 1.51. The van der Waals surface area contributed by atoms with E-state index in [4.69, 9.17) is 4.74 Å². The molecule has 3 saturated carbocycles. The van der Waals surface area contributed by atoms with Crippen molar-refractivity contribution in [3.8, 4) is 0 Å². The van der Waals surface area contributed by atoms with Crippen LogP contribution < -0.4 is 0 Å². The SMILES string of the molecule is C=C1[C@@H]2C[C@H](O)[C@H]3[C@]45C=CC[C@@](C)(CO)[C@H]4[C@H](O)[C@](O)(OC5)[C@]3(C2)[C@@H]1O. The van der Waals surface area contributed by atoms with Crippen molar-refractivity contribution >= 4 is 0 Å². The Morgan fingerprint density at radius 1 is 1.27 bits per heavy atom. The van der Waals surface area contributed by atoms with Crippen LogP contribution in [-0.4, -0.2) is 62.8 Å². The highest BCUT2D eigenvalue weighted by atomic mass is 16.6. The number of ether oxygens (including phenoxy) is 1. The third-order valence-corrected chi connectivity index (χ3v) is 8.62. The van der Waals surface area contributed by atoms with Crippen LogP contribution in [0.5, 0.6) is 0 Å². The molecular weight excluding hydrogens is 336 g/mol. The lowest BCUT2D eigenvalue weighted by atomic mass is 9.37. The van der Waals surface area contributed by atoms with Crippen molar-refractivity contribution in [1.29, 1.82) is 0 Å². The average molecular weight is 364 g/mol. The molecule has 0 radical (unpaired) electrons. The van der Waals surface area contributed by atoms with Crippen molar-refractivity contribution in [3.05, 3.63) is 24.3 Å². The predicted molar refractivity (Wildman–Crippen MR) is 91.6 cm³/mol. The van der Waals surface area contributed by atoms with Gasteiger partial charge in [-0.1, -0.05) is 25.7 Å². The zero-order chi connectivity index (χ0) is 18.7. The van der Waals surface area contributed by atoms with Gasteiger partial charge in [-0.2, -0.15) is 0 Å². The molecular formula is C20H28O6.